The molecule has 3 N–H and O–H groups in total. The molecular weight excluding hydrogens is 262 g/mol. The van der Waals surface area contributed by atoms with E-state index in [1.165, 1.54) is 6.07 Å². The summed E-state index contributed by atoms with van der Waals surface area (Å²) >= 11 is 0. The molecule has 0 aliphatic heterocycles. The Labute approximate surface area is 109 Å². The molecule has 6 heteroatoms. The zero-order valence-electron chi connectivity index (χ0n) is 10.7. The van der Waals surface area contributed by atoms with Crippen LogP contribution in [0.15, 0.2) is 18.2 Å². The van der Waals surface area contributed by atoms with E-state index in [9.17, 15) is 22.7 Å². The van der Waals surface area contributed by atoms with E-state index in [1.54, 1.807) is 0 Å². The first kappa shape index (κ1) is 15.9. The maximum Gasteiger partial charge on any atom is 0.419 e. The highest BCUT2D eigenvalue weighted by Crippen LogP contribution is 2.33. The molecule has 1 aromatic carbocycles. The summed E-state index contributed by atoms with van der Waals surface area (Å²) in [6.07, 6.45) is -5.38. The predicted octanol–water partition coefficient (Wildman–Crippen LogP) is 3.25. The Bertz CT molecular complexity index is 431. The summed E-state index contributed by atoms with van der Waals surface area (Å²) in [6.45, 7) is 3.73. The van der Waals surface area contributed by atoms with E-state index in [0.717, 1.165) is 6.07 Å². The second-order valence-electron chi connectivity index (χ2n) is 4.96. The monoisotopic (exact) mass is 279 g/mol. The van der Waals surface area contributed by atoms with Gasteiger partial charge in [0.05, 0.1) is 17.7 Å². The first-order valence-electron chi connectivity index (χ1n) is 5.93. The number of benzene rings is 1. The van der Waals surface area contributed by atoms with Crippen LogP contribution in [0.5, 0.6) is 0 Å². The van der Waals surface area contributed by atoms with Crippen molar-refractivity contribution < 1.29 is 22.7 Å². The van der Waals surface area contributed by atoms with Crippen molar-refractivity contribution in [3.8, 4) is 0 Å². The van der Waals surface area contributed by atoms with Crippen molar-refractivity contribution in [2.45, 2.75) is 38.6 Å². The Morgan fingerprint density at radius 2 is 1.84 bits per heavy atom. The van der Waals surface area contributed by atoms with Gasteiger partial charge in [0.1, 0.15) is 5.82 Å². The van der Waals surface area contributed by atoms with Crippen LogP contribution in [0.2, 0.25) is 0 Å². The third kappa shape index (κ3) is 4.18. The van der Waals surface area contributed by atoms with Gasteiger partial charge in [-0.2, -0.15) is 13.2 Å². The number of aliphatic hydroxyl groups is 1. The lowest BCUT2D eigenvalue weighted by Crippen LogP contribution is -2.28. The molecular formula is C13H17F4NO. The average Bonchev–Trinajstić information content (AvgIpc) is 2.26. The largest absolute Gasteiger partial charge is 0.419 e. The molecule has 0 saturated carbocycles. The first-order valence-corrected chi connectivity index (χ1v) is 5.93. The van der Waals surface area contributed by atoms with Crippen molar-refractivity contribution in [3.05, 3.63) is 35.1 Å². The van der Waals surface area contributed by atoms with Crippen molar-refractivity contribution in [2.24, 2.45) is 11.7 Å². The Morgan fingerprint density at radius 1 is 1.26 bits per heavy atom. The van der Waals surface area contributed by atoms with Crippen LogP contribution in [0.4, 0.5) is 17.6 Å². The van der Waals surface area contributed by atoms with Crippen LogP contribution in [0.25, 0.3) is 0 Å². The molecule has 19 heavy (non-hydrogen) atoms. The molecule has 0 unspecified atom stereocenters. The van der Waals surface area contributed by atoms with Crippen LogP contribution < -0.4 is 5.73 Å². The highest BCUT2D eigenvalue weighted by Gasteiger charge is 2.35. The van der Waals surface area contributed by atoms with Crippen molar-refractivity contribution in [1.82, 2.24) is 0 Å². The number of alkyl halides is 3. The van der Waals surface area contributed by atoms with Crippen LogP contribution in [-0.4, -0.2) is 11.2 Å². The topological polar surface area (TPSA) is 46.2 Å². The minimum absolute atomic E-state index is 0.0712. The number of aliphatic hydroxyl groups excluding tert-OH is 1. The van der Waals surface area contributed by atoms with Crippen molar-refractivity contribution >= 4 is 0 Å². The molecule has 1 rings (SSSR count). The molecule has 0 bridgehead atoms. The standard InChI is InChI=1S/C13H17F4NO/c1-7(2)5-11(19)12(18)8-3-4-10(14)9(6-8)13(15,16)17/h3-4,6-7,11-12,19H,5,18H2,1-2H3/t11-,12+/m0/s1. The summed E-state index contributed by atoms with van der Waals surface area (Å²) in [5.74, 6) is -1.19. The van der Waals surface area contributed by atoms with E-state index in [1.807, 2.05) is 13.8 Å². The minimum Gasteiger partial charge on any atom is -0.391 e. The molecule has 1 aromatic rings. The van der Waals surface area contributed by atoms with Gasteiger partial charge < -0.3 is 10.8 Å². The Morgan fingerprint density at radius 3 is 2.32 bits per heavy atom. The fourth-order valence-electron chi connectivity index (χ4n) is 1.82. The summed E-state index contributed by atoms with van der Waals surface area (Å²) in [4.78, 5) is 0. The third-order valence-corrected chi connectivity index (χ3v) is 2.81. The summed E-state index contributed by atoms with van der Waals surface area (Å²) in [5.41, 5.74) is 4.42. The van der Waals surface area contributed by atoms with Crippen LogP contribution in [0, 0.1) is 11.7 Å². The van der Waals surface area contributed by atoms with Gasteiger partial charge in [0, 0.05) is 0 Å². The van der Waals surface area contributed by atoms with Gasteiger partial charge in [-0.3, -0.25) is 0 Å². The molecule has 0 spiro atoms. The molecule has 0 aromatic heterocycles. The van der Waals surface area contributed by atoms with Crippen LogP contribution in [0.1, 0.15) is 37.4 Å². The summed E-state index contributed by atoms with van der Waals surface area (Å²) in [5, 5.41) is 9.80. The van der Waals surface area contributed by atoms with Crippen molar-refractivity contribution in [2.75, 3.05) is 0 Å². The lowest BCUT2D eigenvalue weighted by molar-refractivity contribution is -0.140. The maximum atomic E-state index is 13.1. The fourth-order valence-corrected chi connectivity index (χ4v) is 1.82. The van der Waals surface area contributed by atoms with E-state index in [-0.39, 0.29) is 11.5 Å². The maximum absolute atomic E-state index is 13.1. The van der Waals surface area contributed by atoms with Gasteiger partial charge in [-0.05, 0) is 30.0 Å². The Balaban J connectivity index is 3.02. The van der Waals surface area contributed by atoms with Gasteiger partial charge in [-0.25, -0.2) is 4.39 Å². The number of halogens is 4. The van der Waals surface area contributed by atoms with E-state index < -0.39 is 29.7 Å². The lowest BCUT2D eigenvalue weighted by Gasteiger charge is -2.21. The van der Waals surface area contributed by atoms with E-state index in [4.69, 9.17) is 5.73 Å². The lowest BCUT2D eigenvalue weighted by atomic mass is 9.94. The van der Waals surface area contributed by atoms with Crippen LogP contribution in [-0.2, 0) is 6.18 Å². The predicted molar refractivity (Wildman–Crippen MR) is 63.8 cm³/mol. The fraction of sp³-hybridized carbons (Fsp3) is 0.538. The smallest absolute Gasteiger partial charge is 0.391 e. The van der Waals surface area contributed by atoms with Crippen molar-refractivity contribution in [3.63, 3.8) is 0 Å². The SMILES string of the molecule is CC(C)C[C@H](O)[C@H](N)c1ccc(F)c(C(F)(F)F)c1. The molecule has 2 atom stereocenters. The highest BCUT2D eigenvalue weighted by molar-refractivity contribution is 5.29. The van der Waals surface area contributed by atoms with Gasteiger partial charge in [-0.15, -0.1) is 0 Å². The van der Waals surface area contributed by atoms with Gasteiger partial charge in [0.2, 0.25) is 0 Å². The molecule has 0 radical (unpaired) electrons. The first-order chi connectivity index (χ1) is 8.62. The number of nitrogens with two attached hydrogens (primary N) is 1. The van der Waals surface area contributed by atoms with E-state index in [2.05, 4.69) is 0 Å². The molecule has 2 nitrogen and oxygen atoms in total. The Kier molecular flexibility index (Phi) is 4.92. The normalized spacial score (nSPS) is 15.6. The number of rotatable bonds is 4. The molecule has 108 valence electrons. The molecule has 0 aliphatic rings. The zero-order valence-corrected chi connectivity index (χ0v) is 10.7. The summed E-state index contributed by atoms with van der Waals surface area (Å²) in [7, 11) is 0. The molecule has 0 heterocycles. The zero-order chi connectivity index (χ0) is 14.8. The quantitative estimate of drug-likeness (QED) is 0.831. The van der Waals surface area contributed by atoms with E-state index in [0.29, 0.717) is 12.5 Å². The summed E-state index contributed by atoms with van der Waals surface area (Å²) in [6, 6.07) is 1.58. The van der Waals surface area contributed by atoms with Gasteiger partial charge in [-0.1, -0.05) is 19.9 Å². The second kappa shape index (κ2) is 5.88. The highest BCUT2D eigenvalue weighted by atomic mass is 19.4. The minimum atomic E-state index is -4.77. The second-order valence-corrected chi connectivity index (χ2v) is 4.96. The molecule has 0 aliphatic carbocycles. The van der Waals surface area contributed by atoms with Gasteiger partial charge in [0.25, 0.3) is 0 Å². The van der Waals surface area contributed by atoms with Gasteiger partial charge >= 0.3 is 6.18 Å². The Hall–Kier alpha value is -1.14. The van der Waals surface area contributed by atoms with E-state index >= 15 is 0 Å². The van der Waals surface area contributed by atoms with Crippen molar-refractivity contribution in [1.29, 1.82) is 0 Å². The average molecular weight is 279 g/mol. The van der Waals surface area contributed by atoms with Crippen LogP contribution >= 0.6 is 0 Å². The molecule has 0 amide bonds. The number of hydrogen-bond acceptors (Lipinski definition) is 2. The number of hydrogen-bond donors (Lipinski definition) is 2. The summed E-state index contributed by atoms with van der Waals surface area (Å²) < 4.78 is 50.8. The van der Waals surface area contributed by atoms with Gasteiger partial charge in [0.15, 0.2) is 0 Å². The third-order valence-electron chi connectivity index (χ3n) is 2.81. The molecule has 0 fully saturated rings. The molecule has 0 saturated heterocycles. The van der Waals surface area contributed by atoms with Crippen LogP contribution in [0.3, 0.4) is 0 Å².